The van der Waals surface area contributed by atoms with Crippen molar-refractivity contribution in [1.82, 2.24) is 4.90 Å². The highest BCUT2D eigenvalue weighted by atomic mass is 19.2. The Labute approximate surface area is 109 Å². The molecule has 1 atom stereocenters. The fraction of sp³-hybridized carbons (Fsp3) is 0.462. The molecule has 1 aromatic carbocycles. The third-order valence-electron chi connectivity index (χ3n) is 2.97. The maximum atomic E-state index is 13.1. The SMILES string of the molecule is CC1CN(C(=O)c2cc(F)c(F)c(F)c2)CCCO1. The number of hydrogen-bond donors (Lipinski definition) is 0. The third-order valence-corrected chi connectivity index (χ3v) is 2.97. The number of rotatable bonds is 1. The average Bonchev–Trinajstić information content (AvgIpc) is 2.59. The van der Waals surface area contributed by atoms with E-state index in [1.165, 1.54) is 4.90 Å². The zero-order valence-corrected chi connectivity index (χ0v) is 10.5. The van der Waals surface area contributed by atoms with Crippen LogP contribution in [0, 0.1) is 17.5 Å². The minimum absolute atomic E-state index is 0.137. The van der Waals surface area contributed by atoms with Gasteiger partial charge in [0.15, 0.2) is 17.5 Å². The first-order valence-electron chi connectivity index (χ1n) is 6.04. The van der Waals surface area contributed by atoms with Crippen molar-refractivity contribution in [3.05, 3.63) is 35.1 Å². The quantitative estimate of drug-likeness (QED) is 0.735. The van der Waals surface area contributed by atoms with Gasteiger partial charge in [0.2, 0.25) is 0 Å². The van der Waals surface area contributed by atoms with Gasteiger partial charge >= 0.3 is 0 Å². The van der Waals surface area contributed by atoms with Crippen molar-refractivity contribution >= 4 is 5.91 Å². The molecule has 0 spiro atoms. The lowest BCUT2D eigenvalue weighted by Gasteiger charge is -2.22. The van der Waals surface area contributed by atoms with Gasteiger partial charge in [0.05, 0.1) is 6.10 Å². The monoisotopic (exact) mass is 273 g/mol. The first-order chi connectivity index (χ1) is 8.99. The summed E-state index contributed by atoms with van der Waals surface area (Å²) in [7, 11) is 0. The highest BCUT2D eigenvalue weighted by Crippen LogP contribution is 2.16. The van der Waals surface area contributed by atoms with Crippen LogP contribution < -0.4 is 0 Å². The summed E-state index contributed by atoms with van der Waals surface area (Å²) in [5.41, 5.74) is -0.189. The Morgan fingerprint density at radius 3 is 2.58 bits per heavy atom. The normalized spacial score (nSPS) is 20.2. The number of nitrogens with zero attached hydrogens (tertiary/aromatic N) is 1. The van der Waals surface area contributed by atoms with Crippen LogP contribution in [0.5, 0.6) is 0 Å². The molecule has 0 N–H and O–H groups in total. The van der Waals surface area contributed by atoms with Crippen LogP contribution in [0.25, 0.3) is 0 Å². The minimum atomic E-state index is -1.57. The van der Waals surface area contributed by atoms with Crippen molar-refractivity contribution < 1.29 is 22.7 Å². The molecule has 3 nitrogen and oxygen atoms in total. The summed E-state index contributed by atoms with van der Waals surface area (Å²) in [4.78, 5) is 13.6. The molecule has 0 aromatic heterocycles. The molecule has 0 aliphatic carbocycles. The van der Waals surface area contributed by atoms with Crippen LogP contribution in [-0.4, -0.2) is 36.6 Å². The molecule has 0 saturated carbocycles. The van der Waals surface area contributed by atoms with E-state index in [0.29, 0.717) is 26.1 Å². The second-order valence-electron chi connectivity index (χ2n) is 4.54. The molecule has 1 aliphatic heterocycles. The summed E-state index contributed by atoms with van der Waals surface area (Å²) in [5, 5.41) is 0. The second kappa shape index (κ2) is 5.61. The van der Waals surface area contributed by atoms with Gasteiger partial charge in [-0.05, 0) is 25.5 Å². The average molecular weight is 273 g/mol. The molecule has 1 aliphatic rings. The molecule has 19 heavy (non-hydrogen) atoms. The van der Waals surface area contributed by atoms with E-state index >= 15 is 0 Å². The molecular formula is C13H14F3NO2. The van der Waals surface area contributed by atoms with Gasteiger partial charge in [0.25, 0.3) is 5.91 Å². The summed E-state index contributed by atoms with van der Waals surface area (Å²) >= 11 is 0. The first kappa shape index (κ1) is 13.9. The predicted octanol–water partition coefficient (Wildman–Crippen LogP) is 2.35. The Morgan fingerprint density at radius 2 is 1.95 bits per heavy atom. The molecule has 1 fully saturated rings. The van der Waals surface area contributed by atoms with Crippen molar-refractivity contribution in [2.75, 3.05) is 19.7 Å². The van der Waals surface area contributed by atoms with E-state index in [1.807, 2.05) is 6.92 Å². The molecule has 6 heteroatoms. The van der Waals surface area contributed by atoms with Gasteiger partial charge in [0, 0.05) is 25.3 Å². The van der Waals surface area contributed by atoms with Crippen LogP contribution >= 0.6 is 0 Å². The number of amides is 1. The lowest BCUT2D eigenvalue weighted by atomic mass is 10.1. The number of halogens is 3. The summed E-state index contributed by atoms with van der Waals surface area (Å²) < 4.78 is 44.5. The number of benzene rings is 1. The molecule has 104 valence electrons. The molecule has 1 saturated heterocycles. The number of hydrogen-bond acceptors (Lipinski definition) is 2. The number of ether oxygens (including phenoxy) is 1. The van der Waals surface area contributed by atoms with Crippen molar-refractivity contribution in [1.29, 1.82) is 0 Å². The van der Waals surface area contributed by atoms with Crippen LogP contribution in [0.4, 0.5) is 13.2 Å². The number of carbonyl (C=O) groups excluding carboxylic acids is 1. The van der Waals surface area contributed by atoms with Crippen molar-refractivity contribution in [3.8, 4) is 0 Å². The second-order valence-corrected chi connectivity index (χ2v) is 4.54. The van der Waals surface area contributed by atoms with Gasteiger partial charge in [-0.2, -0.15) is 0 Å². The maximum Gasteiger partial charge on any atom is 0.254 e. The predicted molar refractivity (Wildman–Crippen MR) is 62.3 cm³/mol. The summed E-state index contributed by atoms with van der Waals surface area (Å²) in [6, 6.07) is 1.44. The van der Waals surface area contributed by atoms with Crippen LogP contribution in [0.15, 0.2) is 12.1 Å². The zero-order valence-electron chi connectivity index (χ0n) is 10.5. The van der Waals surface area contributed by atoms with Gasteiger partial charge in [0.1, 0.15) is 0 Å². The third kappa shape index (κ3) is 3.07. The van der Waals surface area contributed by atoms with Gasteiger partial charge in [-0.1, -0.05) is 0 Å². The topological polar surface area (TPSA) is 29.5 Å². The molecular weight excluding hydrogens is 259 g/mol. The minimum Gasteiger partial charge on any atom is -0.377 e. The Hall–Kier alpha value is -1.56. The number of carbonyl (C=O) groups is 1. The molecule has 0 radical (unpaired) electrons. The van der Waals surface area contributed by atoms with Gasteiger partial charge < -0.3 is 9.64 Å². The smallest absolute Gasteiger partial charge is 0.254 e. The highest BCUT2D eigenvalue weighted by Gasteiger charge is 2.23. The van der Waals surface area contributed by atoms with E-state index in [0.717, 1.165) is 12.1 Å². The van der Waals surface area contributed by atoms with Crippen LogP contribution in [0.3, 0.4) is 0 Å². The van der Waals surface area contributed by atoms with Crippen LogP contribution in [-0.2, 0) is 4.74 Å². The Morgan fingerprint density at radius 1 is 1.32 bits per heavy atom. The van der Waals surface area contributed by atoms with Crippen LogP contribution in [0.1, 0.15) is 23.7 Å². The summed E-state index contributed by atoms with van der Waals surface area (Å²) in [6.07, 6.45) is 0.518. The van der Waals surface area contributed by atoms with E-state index in [1.54, 1.807) is 0 Å². The fourth-order valence-electron chi connectivity index (χ4n) is 2.04. The highest BCUT2D eigenvalue weighted by molar-refractivity contribution is 5.94. The summed E-state index contributed by atoms with van der Waals surface area (Å²) in [6.45, 7) is 3.15. The van der Waals surface area contributed by atoms with E-state index in [4.69, 9.17) is 4.74 Å². The van der Waals surface area contributed by atoms with E-state index < -0.39 is 23.4 Å². The van der Waals surface area contributed by atoms with Crippen molar-refractivity contribution in [3.63, 3.8) is 0 Å². The standard InChI is InChI=1S/C13H14F3NO2/c1-8-7-17(3-2-4-19-8)13(18)9-5-10(14)12(16)11(15)6-9/h5-6,8H,2-4,7H2,1H3. The molecule has 0 bridgehead atoms. The lowest BCUT2D eigenvalue weighted by molar-refractivity contribution is 0.0562. The van der Waals surface area contributed by atoms with Crippen molar-refractivity contribution in [2.24, 2.45) is 0 Å². The Bertz CT molecular complexity index is 470. The van der Waals surface area contributed by atoms with E-state index in [2.05, 4.69) is 0 Å². The van der Waals surface area contributed by atoms with Gasteiger partial charge in [-0.15, -0.1) is 0 Å². The largest absolute Gasteiger partial charge is 0.377 e. The lowest BCUT2D eigenvalue weighted by Crippen LogP contribution is -2.36. The zero-order chi connectivity index (χ0) is 14.0. The molecule has 1 aromatic rings. The van der Waals surface area contributed by atoms with E-state index in [-0.39, 0.29) is 11.7 Å². The Kier molecular flexibility index (Phi) is 4.09. The van der Waals surface area contributed by atoms with E-state index in [9.17, 15) is 18.0 Å². The molecule has 1 unspecified atom stereocenters. The van der Waals surface area contributed by atoms with Gasteiger partial charge in [-0.3, -0.25) is 4.79 Å². The van der Waals surface area contributed by atoms with Gasteiger partial charge in [-0.25, -0.2) is 13.2 Å². The fourth-order valence-corrected chi connectivity index (χ4v) is 2.04. The Balaban J connectivity index is 2.23. The summed E-state index contributed by atoms with van der Waals surface area (Å²) in [5.74, 6) is -4.80. The molecule has 1 amide bonds. The maximum absolute atomic E-state index is 13.1. The first-order valence-corrected chi connectivity index (χ1v) is 6.04. The molecule has 1 heterocycles. The van der Waals surface area contributed by atoms with Crippen molar-refractivity contribution in [2.45, 2.75) is 19.4 Å². The molecule has 2 rings (SSSR count). The van der Waals surface area contributed by atoms with Crippen LogP contribution in [0.2, 0.25) is 0 Å².